The molecule has 0 unspecified atom stereocenters. The Morgan fingerprint density at radius 2 is 2.00 bits per heavy atom. The van der Waals surface area contributed by atoms with E-state index in [2.05, 4.69) is 10.3 Å². The molecular formula is C14H9N3O5. The Balaban J connectivity index is 1.85. The maximum absolute atomic E-state index is 12.0. The van der Waals surface area contributed by atoms with Crippen molar-refractivity contribution >= 4 is 28.4 Å². The van der Waals surface area contributed by atoms with E-state index in [9.17, 15) is 19.7 Å². The zero-order chi connectivity index (χ0) is 15.7. The number of nitrogens with zero attached hydrogens (tertiary/aromatic N) is 1. The van der Waals surface area contributed by atoms with Gasteiger partial charge in [-0.3, -0.25) is 19.7 Å². The largest absolute Gasteiger partial charge is 0.433 e. The van der Waals surface area contributed by atoms with Gasteiger partial charge in [0.1, 0.15) is 4.92 Å². The van der Waals surface area contributed by atoms with E-state index in [-0.39, 0.29) is 11.3 Å². The van der Waals surface area contributed by atoms with Crippen molar-refractivity contribution in [2.45, 2.75) is 0 Å². The van der Waals surface area contributed by atoms with Crippen LogP contribution in [0.15, 0.2) is 51.7 Å². The molecule has 0 spiro atoms. The van der Waals surface area contributed by atoms with Crippen LogP contribution in [0.4, 0.5) is 11.6 Å². The molecule has 2 heterocycles. The van der Waals surface area contributed by atoms with Crippen molar-refractivity contribution in [3.8, 4) is 0 Å². The molecule has 0 aliphatic heterocycles. The summed E-state index contributed by atoms with van der Waals surface area (Å²) >= 11 is 0. The number of aromatic amines is 1. The molecule has 1 aromatic carbocycles. The maximum atomic E-state index is 12.0. The number of amides is 1. The van der Waals surface area contributed by atoms with Crippen LogP contribution in [0, 0.1) is 10.1 Å². The van der Waals surface area contributed by atoms with Crippen LogP contribution >= 0.6 is 0 Å². The summed E-state index contributed by atoms with van der Waals surface area (Å²) in [5, 5.41) is 13.8. The van der Waals surface area contributed by atoms with Gasteiger partial charge in [0.2, 0.25) is 5.56 Å². The lowest BCUT2D eigenvalue weighted by atomic mass is 10.2. The van der Waals surface area contributed by atoms with E-state index in [4.69, 9.17) is 4.42 Å². The molecule has 0 aliphatic carbocycles. The summed E-state index contributed by atoms with van der Waals surface area (Å²) in [7, 11) is 0. The molecule has 110 valence electrons. The fraction of sp³-hybridized carbons (Fsp3) is 0. The molecule has 2 aromatic heterocycles. The maximum Gasteiger partial charge on any atom is 0.433 e. The van der Waals surface area contributed by atoms with E-state index in [1.807, 2.05) is 0 Å². The smallest absolute Gasteiger partial charge is 0.395 e. The monoisotopic (exact) mass is 299 g/mol. The van der Waals surface area contributed by atoms with E-state index < -0.39 is 16.7 Å². The summed E-state index contributed by atoms with van der Waals surface area (Å²) in [6.45, 7) is 0. The van der Waals surface area contributed by atoms with E-state index in [0.717, 1.165) is 11.5 Å². The Labute approximate surface area is 122 Å². The van der Waals surface area contributed by atoms with Crippen LogP contribution in [0.25, 0.3) is 10.9 Å². The van der Waals surface area contributed by atoms with Gasteiger partial charge in [0.05, 0.1) is 6.07 Å². The second-order valence-corrected chi connectivity index (χ2v) is 4.47. The van der Waals surface area contributed by atoms with E-state index >= 15 is 0 Å². The minimum atomic E-state index is -0.719. The summed E-state index contributed by atoms with van der Waals surface area (Å²) in [4.78, 5) is 35.6. The topological polar surface area (TPSA) is 118 Å². The molecule has 0 aliphatic rings. The van der Waals surface area contributed by atoms with Crippen molar-refractivity contribution in [3.63, 3.8) is 0 Å². The van der Waals surface area contributed by atoms with E-state index in [1.54, 1.807) is 24.3 Å². The van der Waals surface area contributed by atoms with Crippen molar-refractivity contribution in [2.75, 3.05) is 5.32 Å². The van der Waals surface area contributed by atoms with Gasteiger partial charge in [-0.15, -0.1) is 0 Å². The molecule has 0 fully saturated rings. The van der Waals surface area contributed by atoms with Crippen LogP contribution in [0.3, 0.4) is 0 Å². The minimum absolute atomic E-state index is 0.159. The number of H-pyrrole nitrogens is 1. The average Bonchev–Trinajstić information content (AvgIpc) is 2.97. The molecule has 0 radical (unpaired) electrons. The first-order chi connectivity index (χ1) is 10.5. The van der Waals surface area contributed by atoms with Gasteiger partial charge in [-0.05, 0) is 30.3 Å². The number of carbonyl (C=O) groups excluding carboxylic acids is 1. The first-order valence-electron chi connectivity index (χ1n) is 6.21. The lowest BCUT2D eigenvalue weighted by Crippen LogP contribution is -2.11. The number of carbonyl (C=O) groups is 1. The third kappa shape index (κ3) is 2.57. The SMILES string of the molecule is O=C(Nc1ccc2[nH]c(=O)ccc2c1)c1ccc([N+](=O)[O-])o1. The zero-order valence-corrected chi connectivity index (χ0v) is 11.0. The number of rotatable bonds is 3. The first kappa shape index (κ1) is 13.6. The molecule has 0 bridgehead atoms. The molecule has 0 saturated carbocycles. The Kier molecular flexibility index (Phi) is 3.18. The van der Waals surface area contributed by atoms with Gasteiger partial charge < -0.3 is 14.7 Å². The van der Waals surface area contributed by atoms with Crippen molar-refractivity contribution in [1.29, 1.82) is 0 Å². The van der Waals surface area contributed by atoms with Gasteiger partial charge in [0.15, 0.2) is 5.76 Å². The van der Waals surface area contributed by atoms with E-state index in [0.29, 0.717) is 11.2 Å². The van der Waals surface area contributed by atoms with Crippen LogP contribution < -0.4 is 10.9 Å². The number of furan rings is 1. The number of nitrogens with one attached hydrogen (secondary N) is 2. The Morgan fingerprint density at radius 1 is 1.18 bits per heavy atom. The first-order valence-corrected chi connectivity index (χ1v) is 6.21. The highest BCUT2D eigenvalue weighted by molar-refractivity contribution is 6.03. The number of hydrogen-bond donors (Lipinski definition) is 2. The van der Waals surface area contributed by atoms with Crippen LogP contribution in [0.5, 0.6) is 0 Å². The molecule has 3 aromatic rings. The molecule has 8 nitrogen and oxygen atoms in total. The number of benzene rings is 1. The minimum Gasteiger partial charge on any atom is -0.395 e. The van der Waals surface area contributed by atoms with Gasteiger partial charge in [0, 0.05) is 22.7 Å². The summed E-state index contributed by atoms with van der Waals surface area (Å²) in [5.41, 5.74) is 0.898. The van der Waals surface area contributed by atoms with Gasteiger partial charge in [-0.25, -0.2) is 0 Å². The molecule has 3 rings (SSSR count). The van der Waals surface area contributed by atoms with Gasteiger partial charge in [0.25, 0.3) is 5.91 Å². The second kappa shape index (κ2) is 5.17. The van der Waals surface area contributed by atoms with Crippen LogP contribution in [0.2, 0.25) is 0 Å². The fourth-order valence-electron chi connectivity index (χ4n) is 1.97. The Morgan fingerprint density at radius 3 is 2.73 bits per heavy atom. The molecule has 1 amide bonds. The summed E-state index contributed by atoms with van der Waals surface area (Å²) < 4.78 is 4.82. The van der Waals surface area contributed by atoms with Crippen LogP contribution in [-0.2, 0) is 0 Å². The van der Waals surface area contributed by atoms with Gasteiger partial charge >= 0.3 is 5.88 Å². The van der Waals surface area contributed by atoms with Gasteiger partial charge in [-0.1, -0.05) is 0 Å². The van der Waals surface area contributed by atoms with Crippen LogP contribution in [-0.4, -0.2) is 15.8 Å². The third-order valence-electron chi connectivity index (χ3n) is 2.98. The number of anilines is 1. The van der Waals surface area contributed by atoms with Crippen molar-refractivity contribution < 1.29 is 14.1 Å². The highest BCUT2D eigenvalue weighted by Gasteiger charge is 2.17. The van der Waals surface area contributed by atoms with Crippen molar-refractivity contribution in [3.05, 3.63) is 68.7 Å². The average molecular weight is 299 g/mol. The summed E-state index contributed by atoms with van der Waals surface area (Å²) in [5.74, 6) is -1.26. The predicted molar refractivity (Wildman–Crippen MR) is 77.9 cm³/mol. The molecule has 2 N–H and O–H groups in total. The van der Waals surface area contributed by atoms with E-state index in [1.165, 1.54) is 12.1 Å². The molecule has 8 heteroatoms. The van der Waals surface area contributed by atoms with Gasteiger partial charge in [-0.2, -0.15) is 0 Å². The van der Waals surface area contributed by atoms with Crippen LogP contribution in [0.1, 0.15) is 10.6 Å². The number of hydrogen-bond acceptors (Lipinski definition) is 5. The summed E-state index contributed by atoms with van der Waals surface area (Å²) in [6.07, 6.45) is 0. The predicted octanol–water partition coefficient (Wildman–Crippen LogP) is 2.28. The van der Waals surface area contributed by atoms with Crippen molar-refractivity contribution in [1.82, 2.24) is 4.98 Å². The molecule has 22 heavy (non-hydrogen) atoms. The molecule has 0 atom stereocenters. The highest BCUT2D eigenvalue weighted by atomic mass is 16.6. The molecule has 0 saturated heterocycles. The lowest BCUT2D eigenvalue weighted by molar-refractivity contribution is -0.402. The zero-order valence-electron chi connectivity index (χ0n) is 11.0. The highest BCUT2D eigenvalue weighted by Crippen LogP contribution is 2.19. The number of pyridine rings is 1. The Bertz CT molecular complexity index is 941. The lowest BCUT2D eigenvalue weighted by Gasteiger charge is -2.04. The normalized spacial score (nSPS) is 10.5. The molecular weight excluding hydrogens is 290 g/mol. The Hall–Kier alpha value is -3.42. The summed E-state index contributed by atoms with van der Waals surface area (Å²) in [6, 6.07) is 10.3. The number of fused-ring (bicyclic) bond motifs is 1. The number of aromatic nitrogens is 1. The number of nitro groups is 1. The standard InChI is InChI=1S/C14H9N3O5/c18-12-5-1-8-7-9(2-3-10(8)16-12)15-14(19)11-4-6-13(22-11)17(20)21/h1-7H,(H,15,19)(H,16,18). The quantitative estimate of drug-likeness (QED) is 0.568. The fourth-order valence-corrected chi connectivity index (χ4v) is 1.97. The van der Waals surface area contributed by atoms with Crippen molar-refractivity contribution in [2.24, 2.45) is 0 Å². The second-order valence-electron chi connectivity index (χ2n) is 4.47. The third-order valence-corrected chi connectivity index (χ3v) is 2.98.